The molecule has 0 aliphatic carbocycles. The van der Waals surface area contributed by atoms with Gasteiger partial charge in [-0.1, -0.05) is 6.92 Å². The van der Waals surface area contributed by atoms with Gasteiger partial charge in [-0.15, -0.1) is 0 Å². The lowest BCUT2D eigenvalue weighted by atomic mass is 10.5. The lowest BCUT2D eigenvalue weighted by molar-refractivity contribution is 0.140. The minimum atomic E-state index is -3.79. The van der Waals surface area contributed by atoms with Crippen molar-refractivity contribution in [2.75, 3.05) is 33.9 Å². The third-order valence-electron chi connectivity index (χ3n) is 1.25. The second-order valence-electron chi connectivity index (χ2n) is 2.94. The van der Waals surface area contributed by atoms with Crippen molar-refractivity contribution in [3.63, 3.8) is 0 Å². The lowest BCUT2D eigenvalue weighted by Crippen LogP contribution is -2.17. The molecule has 0 aliphatic heterocycles. The Balaban J connectivity index is 3.57. The number of nitrogens with zero attached hydrogens (tertiary/aromatic N) is 1. The maximum absolute atomic E-state index is 11.0. The van der Waals surface area contributed by atoms with Gasteiger partial charge in [0.1, 0.15) is 0 Å². The zero-order chi connectivity index (χ0) is 10.3. The highest BCUT2D eigenvalue weighted by Gasteiger charge is 2.19. The Morgan fingerprint density at radius 3 is 2.31 bits per heavy atom. The summed E-state index contributed by atoms with van der Waals surface area (Å²) < 4.78 is 20.4. The zero-order valence-electron chi connectivity index (χ0n) is 8.39. The molecule has 0 saturated heterocycles. The van der Waals surface area contributed by atoms with Crippen molar-refractivity contribution >= 4 is 7.82 Å². The smallest absolute Gasteiger partial charge is 0.307 e. The van der Waals surface area contributed by atoms with E-state index in [1.54, 1.807) is 0 Å². The summed E-state index contributed by atoms with van der Waals surface area (Å²) in [7, 11) is -0.0726. The van der Waals surface area contributed by atoms with E-state index in [2.05, 4.69) is 9.05 Å². The molecule has 6 heteroatoms. The second-order valence-corrected chi connectivity index (χ2v) is 4.39. The first-order valence-corrected chi connectivity index (χ1v) is 5.74. The first kappa shape index (κ1) is 13.1. The maximum atomic E-state index is 11.0. The van der Waals surface area contributed by atoms with Crippen molar-refractivity contribution in [1.29, 1.82) is 0 Å². The normalized spacial score (nSPS) is 16.1. The van der Waals surface area contributed by atoms with Crippen LogP contribution in [0.4, 0.5) is 0 Å². The molecule has 0 aliphatic rings. The van der Waals surface area contributed by atoms with Crippen LogP contribution in [0, 0.1) is 0 Å². The van der Waals surface area contributed by atoms with Gasteiger partial charge in [0.2, 0.25) is 0 Å². The van der Waals surface area contributed by atoms with E-state index in [1.165, 1.54) is 0 Å². The number of phosphoric ester groups is 1. The summed E-state index contributed by atoms with van der Waals surface area (Å²) in [4.78, 5) is 10.9. The van der Waals surface area contributed by atoms with Crippen LogP contribution >= 0.6 is 7.82 Å². The first-order valence-electron chi connectivity index (χ1n) is 4.24. The van der Waals surface area contributed by atoms with Crippen LogP contribution in [0.25, 0.3) is 0 Å². The van der Waals surface area contributed by atoms with Gasteiger partial charge in [-0.3, -0.25) is 9.05 Å². The Morgan fingerprint density at radius 1 is 1.31 bits per heavy atom. The van der Waals surface area contributed by atoms with Gasteiger partial charge in [0.05, 0.1) is 13.2 Å². The van der Waals surface area contributed by atoms with E-state index < -0.39 is 7.82 Å². The van der Waals surface area contributed by atoms with Crippen molar-refractivity contribution in [1.82, 2.24) is 4.90 Å². The topological polar surface area (TPSA) is 59.0 Å². The molecule has 0 radical (unpaired) electrons. The standard InChI is InChI=1S/C7H18NO4P/c1-4-6-11-13(9,10)12-7-5-8(2)3/h4-7H2,1-3H3,(H,9,10). The van der Waals surface area contributed by atoms with E-state index in [-0.39, 0.29) is 13.2 Å². The van der Waals surface area contributed by atoms with Crippen LogP contribution in [0.5, 0.6) is 0 Å². The Kier molecular flexibility index (Phi) is 6.55. The second kappa shape index (κ2) is 6.51. The number of hydrogen-bond acceptors (Lipinski definition) is 4. The molecule has 0 heterocycles. The molecule has 5 nitrogen and oxygen atoms in total. The minimum Gasteiger partial charge on any atom is -0.307 e. The molecule has 1 unspecified atom stereocenters. The van der Waals surface area contributed by atoms with Crippen molar-refractivity contribution in [2.45, 2.75) is 13.3 Å². The van der Waals surface area contributed by atoms with Crippen LogP contribution in [0.15, 0.2) is 0 Å². The van der Waals surface area contributed by atoms with Gasteiger partial charge >= 0.3 is 7.82 Å². The molecule has 0 spiro atoms. The van der Waals surface area contributed by atoms with Gasteiger partial charge in [-0.05, 0) is 20.5 Å². The molecular weight excluding hydrogens is 193 g/mol. The third-order valence-corrected chi connectivity index (χ3v) is 2.27. The number of rotatable bonds is 7. The molecule has 0 bridgehead atoms. The number of phosphoric acid groups is 1. The Labute approximate surface area is 79.3 Å². The Bertz CT molecular complexity index is 174. The van der Waals surface area contributed by atoms with Gasteiger partial charge in [0, 0.05) is 6.54 Å². The highest BCUT2D eigenvalue weighted by atomic mass is 31.2. The molecule has 0 saturated carbocycles. The quantitative estimate of drug-likeness (QED) is 0.639. The van der Waals surface area contributed by atoms with Crippen molar-refractivity contribution < 1.29 is 18.5 Å². The van der Waals surface area contributed by atoms with Crippen molar-refractivity contribution in [3.8, 4) is 0 Å². The van der Waals surface area contributed by atoms with Crippen LogP contribution < -0.4 is 0 Å². The fourth-order valence-corrected chi connectivity index (χ4v) is 1.38. The highest BCUT2D eigenvalue weighted by Crippen LogP contribution is 2.42. The largest absolute Gasteiger partial charge is 0.472 e. The van der Waals surface area contributed by atoms with Crippen molar-refractivity contribution in [3.05, 3.63) is 0 Å². The van der Waals surface area contributed by atoms with Gasteiger partial charge in [0.15, 0.2) is 0 Å². The fraction of sp³-hybridized carbons (Fsp3) is 1.00. The van der Waals surface area contributed by atoms with Gasteiger partial charge < -0.3 is 9.79 Å². The summed E-state index contributed by atoms with van der Waals surface area (Å²) in [6.07, 6.45) is 0.696. The van der Waals surface area contributed by atoms with E-state index in [0.29, 0.717) is 13.0 Å². The summed E-state index contributed by atoms with van der Waals surface area (Å²) in [5.41, 5.74) is 0. The van der Waals surface area contributed by atoms with Crippen LogP contribution in [0.3, 0.4) is 0 Å². The molecule has 0 amide bonds. The molecule has 1 atom stereocenters. The van der Waals surface area contributed by atoms with E-state index in [0.717, 1.165) is 0 Å². The summed E-state index contributed by atoms with van der Waals surface area (Å²) >= 11 is 0. The molecule has 0 rings (SSSR count). The van der Waals surface area contributed by atoms with Crippen LogP contribution in [-0.4, -0.2) is 43.6 Å². The van der Waals surface area contributed by atoms with Gasteiger partial charge in [-0.25, -0.2) is 4.57 Å². The molecule has 80 valence electrons. The van der Waals surface area contributed by atoms with Gasteiger partial charge in [0.25, 0.3) is 0 Å². The fourth-order valence-electron chi connectivity index (χ4n) is 0.583. The monoisotopic (exact) mass is 211 g/mol. The van der Waals surface area contributed by atoms with Crippen molar-refractivity contribution in [2.24, 2.45) is 0 Å². The Morgan fingerprint density at radius 2 is 1.85 bits per heavy atom. The molecule has 1 N–H and O–H groups in total. The van der Waals surface area contributed by atoms with Crippen LogP contribution in [-0.2, 0) is 13.6 Å². The minimum absolute atomic E-state index is 0.199. The predicted octanol–water partition coefficient (Wildman–Crippen LogP) is 1.09. The summed E-state index contributed by atoms with van der Waals surface area (Å²) in [6, 6.07) is 0. The number of hydrogen-bond donors (Lipinski definition) is 1. The zero-order valence-corrected chi connectivity index (χ0v) is 9.29. The van der Waals surface area contributed by atoms with E-state index in [9.17, 15) is 4.57 Å². The molecule has 0 fully saturated rings. The summed E-state index contributed by atoms with van der Waals surface area (Å²) in [5.74, 6) is 0. The molecular formula is C7H18NO4P. The number of likely N-dealkylation sites (N-methyl/N-ethyl adjacent to an activating group) is 1. The third kappa shape index (κ3) is 8.40. The van der Waals surface area contributed by atoms with E-state index in [1.807, 2.05) is 25.9 Å². The first-order chi connectivity index (χ1) is 5.98. The van der Waals surface area contributed by atoms with E-state index >= 15 is 0 Å². The summed E-state index contributed by atoms with van der Waals surface area (Å²) in [5, 5.41) is 0. The SMILES string of the molecule is CCCOP(=O)(O)OCCN(C)C. The average molecular weight is 211 g/mol. The molecule has 0 aromatic heterocycles. The maximum Gasteiger partial charge on any atom is 0.472 e. The van der Waals surface area contributed by atoms with Gasteiger partial charge in [-0.2, -0.15) is 0 Å². The molecule has 13 heavy (non-hydrogen) atoms. The Hall–Kier alpha value is 0.0700. The van der Waals surface area contributed by atoms with Crippen LogP contribution in [0.2, 0.25) is 0 Å². The molecule has 0 aromatic rings. The average Bonchev–Trinajstić information content (AvgIpc) is 2.00. The molecule has 0 aromatic carbocycles. The van der Waals surface area contributed by atoms with Crippen LogP contribution in [0.1, 0.15) is 13.3 Å². The summed E-state index contributed by atoms with van der Waals surface area (Å²) in [6.45, 7) is 2.90. The van der Waals surface area contributed by atoms with E-state index in [4.69, 9.17) is 4.89 Å². The lowest BCUT2D eigenvalue weighted by Gasteiger charge is -2.13. The highest BCUT2D eigenvalue weighted by molar-refractivity contribution is 7.47. The predicted molar refractivity (Wildman–Crippen MR) is 50.6 cm³/mol.